The topological polar surface area (TPSA) is 83.9 Å². The van der Waals surface area contributed by atoms with Crippen LogP contribution in [0.2, 0.25) is 0 Å². The molecule has 162 valence electrons. The monoisotopic (exact) mass is 430 g/mol. The zero-order valence-electron chi connectivity index (χ0n) is 17.8. The Morgan fingerprint density at radius 2 is 2.00 bits per heavy atom. The Labute approximate surface area is 179 Å². The van der Waals surface area contributed by atoms with E-state index >= 15 is 0 Å². The first-order valence-electron chi connectivity index (χ1n) is 10.2. The van der Waals surface area contributed by atoms with Crippen LogP contribution in [0.3, 0.4) is 0 Å². The van der Waals surface area contributed by atoms with E-state index in [9.17, 15) is 8.42 Å². The zero-order chi connectivity index (χ0) is 21.6. The highest BCUT2D eigenvalue weighted by Crippen LogP contribution is 2.24. The van der Waals surface area contributed by atoms with Crippen LogP contribution in [-0.4, -0.2) is 54.4 Å². The average molecular weight is 431 g/mol. The van der Waals surface area contributed by atoms with Gasteiger partial charge in [-0.3, -0.25) is 0 Å². The van der Waals surface area contributed by atoms with Crippen molar-refractivity contribution in [2.45, 2.75) is 38.7 Å². The van der Waals surface area contributed by atoms with Gasteiger partial charge in [0.15, 0.2) is 15.8 Å². The van der Waals surface area contributed by atoms with Gasteiger partial charge in [0.2, 0.25) is 5.88 Å². The first-order chi connectivity index (χ1) is 14.3. The predicted octanol–water partition coefficient (Wildman–Crippen LogP) is 2.64. The van der Waals surface area contributed by atoms with Crippen molar-refractivity contribution in [3.63, 3.8) is 0 Å². The number of hydrogen-bond acceptors (Lipinski definition) is 5. The molecule has 1 aliphatic heterocycles. The molecular weight excluding hydrogens is 400 g/mol. The summed E-state index contributed by atoms with van der Waals surface area (Å²) < 4.78 is 29.6. The van der Waals surface area contributed by atoms with Crippen LogP contribution >= 0.6 is 0 Å². The van der Waals surface area contributed by atoms with Gasteiger partial charge < -0.3 is 15.0 Å². The maximum absolute atomic E-state index is 12.3. The summed E-state index contributed by atoms with van der Waals surface area (Å²) >= 11 is 0. The minimum Gasteiger partial charge on any atom is -0.473 e. The molecule has 1 N–H and O–H groups in total. The maximum atomic E-state index is 12.3. The van der Waals surface area contributed by atoms with Crippen LogP contribution in [0.4, 0.5) is 0 Å². The lowest BCUT2D eigenvalue weighted by atomic mass is 10.2. The van der Waals surface area contributed by atoms with Gasteiger partial charge in [0, 0.05) is 31.9 Å². The van der Waals surface area contributed by atoms with Gasteiger partial charge in [0.25, 0.3) is 0 Å². The lowest BCUT2D eigenvalue weighted by Gasteiger charge is -2.39. The van der Waals surface area contributed by atoms with Crippen molar-refractivity contribution in [2.75, 3.05) is 25.4 Å². The van der Waals surface area contributed by atoms with Crippen LogP contribution in [-0.2, 0) is 23.0 Å². The number of pyridine rings is 1. The zero-order valence-corrected chi connectivity index (χ0v) is 18.7. The van der Waals surface area contributed by atoms with Crippen molar-refractivity contribution in [1.82, 2.24) is 15.2 Å². The van der Waals surface area contributed by atoms with E-state index in [2.05, 4.69) is 10.3 Å². The molecule has 0 atom stereocenters. The van der Waals surface area contributed by atoms with Crippen LogP contribution < -0.4 is 10.1 Å². The number of hydrogen-bond donors (Lipinski definition) is 1. The summed E-state index contributed by atoms with van der Waals surface area (Å²) in [7, 11) is -3.09. The molecule has 1 aliphatic rings. The second kappa shape index (κ2) is 9.47. The number of benzene rings is 1. The molecule has 2 aromatic rings. The van der Waals surface area contributed by atoms with Gasteiger partial charge in [-0.05, 0) is 38.0 Å². The number of rotatable bonds is 6. The van der Waals surface area contributed by atoms with E-state index in [-0.39, 0.29) is 5.75 Å². The number of ether oxygens (including phenoxy) is 1. The predicted molar refractivity (Wildman–Crippen MR) is 119 cm³/mol. The molecule has 0 radical (unpaired) electrons. The fourth-order valence-corrected chi connectivity index (χ4v) is 4.64. The Morgan fingerprint density at radius 1 is 1.23 bits per heavy atom. The highest BCUT2D eigenvalue weighted by Gasteiger charge is 2.40. The largest absolute Gasteiger partial charge is 0.473 e. The molecule has 0 amide bonds. The summed E-state index contributed by atoms with van der Waals surface area (Å²) in [6.45, 7) is 8.04. The standard InChI is InChI=1S/C22H30N4O3S/c1-4-23-21(26-12-13-30(27,28)22(2,3)17-26)25-15-19-10-11-24-20(14-19)29-16-18-8-6-5-7-9-18/h5-11,14H,4,12-13,15-17H2,1-3H3,(H,23,25). The molecule has 0 saturated carbocycles. The molecular formula is C22H30N4O3S. The molecule has 1 aromatic heterocycles. The molecule has 3 rings (SSSR count). The Kier molecular flexibility index (Phi) is 6.97. The molecule has 8 heteroatoms. The first-order valence-corrected chi connectivity index (χ1v) is 11.8. The summed E-state index contributed by atoms with van der Waals surface area (Å²) in [5.41, 5.74) is 2.06. The Balaban J connectivity index is 1.67. The van der Waals surface area contributed by atoms with E-state index in [0.29, 0.717) is 38.7 Å². The van der Waals surface area contributed by atoms with E-state index < -0.39 is 14.6 Å². The second-order valence-electron chi connectivity index (χ2n) is 7.95. The van der Waals surface area contributed by atoms with Crippen molar-refractivity contribution >= 4 is 15.8 Å². The summed E-state index contributed by atoms with van der Waals surface area (Å²) in [4.78, 5) is 11.0. The van der Waals surface area contributed by atoms with Crippen LogP contribution in [0, 0.1) is 0 Å². The molecule has 1 fully saturated rings. The van der Waals surface area contributed by atoms with Crippen molar-refractivity contribution in [2.24, 2.45) is 4.99 Å². The summed E-state index contributed by atoms with van der Waals surface area (Å²) in [5, 5.41) is 3.28. The Hall–Kier alpha value is -2.61. The summed E-state index contributed by atoms with van der Waals surface area (Å²) in [6, 6.07) is 13.8. The second-order valence-corrected chi connectivity index (χ2v) is 10.7. The van der Waals surface area contributed by atoms with Gasteiger partial charge in [-0.15, -0.1) is 0 Å². The minimum atomic E-state index is -3.09. The molecule has 7 nitrogen and oxygen atoms in total. The molecule has 30 heavy (non-hydrogen) atoms. The van der Waals surface area contributed by atoms with Crippen LogP contribution in [0.1, 0.15) is 31.9 Å². The van der Waals surface area contributed by atoms with E-state index in [0.717, 1.165) is 17.1 Å². The summed E-state index contributed by atoms with van der Waals surface area (Å²) in [5.74, 6) is 1.42. The number of guanidine groups is 1. The summed E-state index contributed by atoms with van der Waals surface area (Å²) in [6.07, 6.45) is 1.72. The highest BCUT2D eigenvalue weighted by molar-refractivity contribution is 7.92. The third-order valence-corrected chi connectivity index (χ3v) is 7.65. The molecule has 0 bridgehead atoms. The third kappa shape index (κ3) is 5.50. The lowest BCUT2D eigenvalue weighted by molar-refractivity contribution is 0.293. The van der Waals surface area contributed by atoms with Crippen molar-refractivity contribution in [3.8, 4) is 5.88 Å². The Bertz CT molecular complexity index is 975. The number of aromatic nitrogens is 1. The van der Waals surface area contributed by atoms with E-state index in [1.807, 2.05) is 54.3 Å². The van der Waals surface area contributed by atoms with Gasteiger partial charge in [0.05, 0.1) is 17.0 Å². The average Bonchev–Trinajstić information content (AvgIpc) is 2.73. The van der Waals surface area contributed by atoms with E-state index in [4.69, 9.17) is 9.73 Å². The smallest absolute Gasteiger partial charge is 0.213 e. The first kappa shape index (κ1) is 22.1. The SMILES string of the molecule is CCNC(=NCc1ccnc(OCc2ccccc2)c1)N1CCS(=O)(=O)C(C)(C)C1. The third-order valence-electron chi connectivity index (χ3n) is 5.12. The fourth-order valence-electron chi connectivity index (χ4n) is 3.28. The van der Waals surface area contributed by atoms with Crippen molar-refractivity contribution in [1.29, 1.82) is 0 Å². The van der Waals surface area contributed by atoms with Crippen molar-refractivity contribution in [3.05, 3.63) is 59.8 Å². The van der Waals surface area contributed by atoms with Crippen LogP contribution in [0.15, 0.2) is 53.7 Å². The lowest BCUT2D eigenvalue weighted by Crippen LogP contribution is -2.57. The Morgan fingerprint density at radius 3 is 2.70 bits per heavy atom. The van der Waals surface area contributed by atoms with Gasteiger partial charge >= 0.3 is 0 Å². The van der Waals surface area contributed by atoms with Gasteiger partial charge in [-0.2, -0.15) is 0 Å². The molecule has 2 heterocycles. The quantitative estimate of drug-likeness (QED) is 0.560. The van der Waals surface area contributed by atoms with Crippen molar-refractivity contribution < 1.29 is 13.2 Å². The number of aliphatic imine (C=N–C) groups is 1. The normalized spacial score (nSPS) is 18.1. The molecule has 0 spiro atoms. The molecule has 0 unspecified atom stereocenters. The molecule has 1 aromatic carbocycles. The van der Waals surface area contributed by atoms with Gasteiger partial charge in [-0.1, -0.05) is 30.3 Å². The van der Waals surface area contributed by atoms with Gasteiger partial charge in [-0.25, -0.2) is 18.4 Å². The van der Waals surface area contributed by atoms with Crippen LogP contribution in [0.25, 0.3) is 0 Å². The fraction of sp³-hybridized carbons (Fsp3) is 0.455. The minimum absolute atomic E-state index is 0.136. The molecule has 1 saturated heterocycles. The van der Waals surface area contributed by atoms with E-state index in [1.165, 1.54) is 0 Å². The van der Waals surface area contributed by atoms with Crippen LogP contribution in [0.5, 0.6) is 5.88 Å². The number of sulfone groups is 1. The molecule has 0 aliphatic carbocycles. The van der Waals surface area contributed by atoms with E-state index in [1.54, 1.807) is 20.0 Å². The van der Waals surface area contributed by atoms with Gasteiger partial charge in [0.1, 0.15) is 6.61 Å². The number of nitrogens with zero attached hydrogens (tertiary/aromatic N) is 3. The highest BCUT2D eigenvalue weighted by atomic mass is 32.2. The number of nitrogens with one attached hydrogen (secondary N) is 1. The maximum Gasteiger partial charge on any atom is 0.213 e.